The highest BCUT2D eigenvalue weighted by atomic mass is 16.6. The van der Waals surface area contributed by atoms with Gasteiger partial charge in [-0.05, 0) is 30.7 Å². The summed E-state index contributed by atoms with van der Waals surface area (Å²) in [5.74, 6) is 1.44. The predicted octanol–water partition coefficient (Wildman–Crippen LogP) is 0.840. The van der Waals surface area contributed by atoms with Gasteiger partial charge >= 0.3 is 0 Å². The Morgan fingerprint density at radius 2 is 2.00 bits per heavy atom. The van der Waals surface area contributed by atoms with Crippen LogP contribution < -0.4 is 15.2 Å². The lowest BCUT2D eigenvalue weighted by Gasteiger charge is -2.20. The average molecular weight is 209 g/mol. The molecule has 0 aliphatic carbocycles. The van der Waals surface area contributed by atoms with Gasteiger partial charge in [-0.1, -0.05) is 6.07 Å². The molecule has 1 heterocycles. The molecule has 0 amide bonds. The van der Waals surface area contributed by atoms with Crippen molar-refractivity contribution >= 4 is 0 Å². The summed E-state index contributed by atoms with van der Waals surface area (Å²) in [6, 6.07) is 5.48. The number of aliphatic hydroxyl groups excluding tert-OH is 1. The van der Waals surface area contributed by atoms with Gasteiger partial charge in [0.05, 0.1) is 6.10 Å². The van der Waals surface area contributed by atoms with E-state index in [4.69, 9.17) is 15.2 Å². The normalized spacial score (nSPS) is 16.1. The molecular formula is C11H15NO3. The van der Waals surface area contributed by atoms with Crippen LogP contribution in [-0.4, -0.2) is 24.9 Å². The van der Waals surface area contributed by atoms with Crippen molar-refractivity contribution in [2.75, 3.05) is 19.8 Å². The van der Waals surface area contributed by atoms with Crippen molar-refractivity contribution in [1.29, 1.82) is 0 Å². The number of aliphatic hydroxyl groups is 1. The van der Waals surface area contributed by atoms with E-state index in [0.29, 0.717) is 31.9 Å². The molecule has 0 spiro atoms. The number of hydrogen-bond acceptors (Lipinski definition) is 4. The second kappa shape index (κ2) is 4.51. The number of hydrogen-bond donors (Lipinski definition) is 2. The Balaban J connectivity index is 2.20. The van der Waals surface area contributed by atoms with E-state index in [1.165, 1.54) is 0 Å². The maximum atomic E-state index is 9.75. The summed E-state index contributed by atoms with van der Waals surface area (Å²) in [5, 5.41) is 9.75. The summed E-state index contributed by atoms with van der Waals surface area (Å²) in [5.41, 5.74) is 6.21. The molecule has 0 saturated heterocycles. The highest BCUT2D eigenvalue weighted by molar-refractivity contribution is 5.44. The summed E-state index contributed by atoms with van der Waals surface area (Å²) >= 11 is 0. The van der Waals surface area contributed by atoms with Crippen LogP contribution in [0.1, 0.15) is 18.1 Å². The predicted molar refractivity (Wildman–Crippen MR) is 56.1 cm³/mol. The van der Waals surface area contributed by atoms with Gasteiger partial charge in [-0.15, -0.1) is 0 Å². The van der Waals surface area contributed by atoms with Crippen LogP contribution in [0.3, 0.4) is 0 Å². The molecule has 1 aliphatic rings. The van der Waals surface area contributed by atoms with E-state index < -0.39 is 6.10 Å². The first-order valence-corrected chi connectivity index (χ1v) is 5.09. The standard InChI is InChI=1S/C11H15NO3/c12-4-3-9(13)8-1-2-10-11(7-8)15-6-5-14-10/h1-2,7,9,13H,3-6,12H2. The molecule has 0 saturated carbocycles. The molecule has 0 radical (unpaired) electrons. The van der Waals surface area contributed by atoms with Crippen molar-refractivity contribution in [2.24, 2.45) is 5.73 Å². The molecule has 4 heteroatoms. The van der Waals surface area contributed by atoms with Gasteiger partial charge in [-0.2, -0.15) is 0 Å². The molecule has 1 atom stereocenters. The molecule has 82 valence electrons. The van der Waals surface area contributed by atoms with E-state index in [1.807, 2.05) is 18.2 Å². The topological polar surface area (TPSA) is 64.7 Å². The van der Waals surface area contributed by atoms with Crippen molar-refractivity contribution in [3.05, 3.63) is 23.8 Å². The molecule has 1 aliphatic heterocycles. The Hall–Kier alpha value is -1.26. The fourth-order valence-corrected chi connectivity index (χ4v) is 1.59. The third-order valence-electron chi connectivity index (χ3n) is 2.39. The number of nitrogens with two attached hydrogens (primary N) is 1. The number of fused-ring (bicyclic) bond motifs is 1. The molecule has 4 nitrogen and oxygen atoms in total. The van der Waals surface area contributed by atoms with Crippen LogP contribution in [0.2, 0.25) is 0 Å². The molecule has 1 aromatic carbocycles. The first kappa shape index (κ1) is 10.3. The highest BCUT2D eigenvalue weighted by Crippen LogP contribution is 2.33. The Morgan fingerprint density at radius 3 is 2.73 bits per heavy atom. The van der Waals surface area contributed by atoms with Crippen molar-refractivity contribution in [1.82, 2.24) is 0 Å². The van der Waals surface area contributed by atoms with Gasteiger partial charge in [-0.3, -0.25) is 0 Å². The van der Waals surface area contributed by atoms with Gasteiger partial charge in [0.1, 0.15) is 13.2 Å². The quantitative estimate of drug-likeness (QED) is 0.774. The van der Waals surface area contributed by atoms with E-state index in [2.05, 4.69) is 0 Å². The molecule has 0 fully saturated rings. The zero-order chi connectivity index (χ0) is 10.7. The van der Waals surface area contributed by atoms with E-state index in [1.54, 1.807) is 0 Å². The zero-order valence-corrected chi connectivity index (χ0v) is 8.48. The third-order valence-corrected chi connectivity index (χ3v) is 2.39. The van der Waals surface area contributed by atoms with Gasteiger partial charge in [0.2, 0.25) is 0 Å². The minimum absolute atomic E-state index is 0.468. The monoisotopic (exact) mass is 209 g/mol. The van der Waals surface area contributed by atoms with Crippen LogP contribution in [0.25, 0.3) is 0 Å². The summed E-state index contributed by atoms with van der Waals surface area (Å²) < 4.78 is 10.8. The van der Waals surface area contributed by atoms with Gasteiger partial charge in [0, 0.05) is 0 Å². The van der Waals surface area contributed by atoms with Gasteiger partial charge in [0.15, 0.2) is 11.5 Å². The smallest absolute Gasteiger partial charge is 0.161 e. The summed E-state index contributed by atoms with van der Waals surface area (Å²) in [7, 11) is 0. The first-order valence-electron chi connectivity index (χ1n) is 5.09. The van der Waals surface area contributed by atoms with Crippen molar-refractivity contribution < 1.29 is 14.6 Å². The first-order chi connectivity index (χ1) is 7.31. The fourth-order valence-electron chi connectivity index (χ4n) is 1.59. The Bertz CT molecular complexity index is 341. The Kier molecular flexibility index (Phi) is 3.08. The Morgan fingerprint density at radius 1 is 1.27 bits per heavy atom. The van der Waals surface area contributed by atoms with Crippen LogP contribution in [0.5, 0.6) is 11.5 Å². The molecule has 1 aromatic rings. The lowest BCUT2D eigenvalue weighted by Crippen LogP contribution is -2.16. The average Bonchev–Trinajstić information content (AvgIpc) is 2.29. The lowest BCUT2D eigenvalue weighted by atomic mass is 10.1. The number of rotatable bonds is 3. The van der Waals surface area contributed by atoms with Crippen LogP contribution in [0, 0.1) is 0 Å². The zero-order valence-electron chi connectivity index (χ0n) is 8.48. The SMILES string of the molecule is NCCC(O)c1ccc2c(c1)OCCO2. The highest BCUT2D eigenvalue weighted by Gasteiger charge is 2.14. The molecule has 3 N–H and O–H groups in total. The van der Waals surface area contributed by atoms with E-state index >= 15 is 0 Å². The van der Waals surface area contributed by atoms with Gasteiger partial charge in [0.25, 0.3) is 0 Å². The lowest BCUT2D eigenvalue weighted by molar-refractivity contribution is 0.161. The van der Waals surface area contributed by atoms with Gasteiger partial charge < -0.3 is 20.3 Å². The minimum Gasteiger partial charge on any atom is -0.486 e. The number of benzene rings is 1. The van der Waals surface area contributed by atoms with Crippen molar-refractivity contribution in [3.8, 4) is 11.5 Å². The maximum absolute atomic E-state index is 9.75. The molecule has 0 bridgehead atoms. The molecular weight excluding hydrogens is 194 g/mol. The molecule has 1 unspecified atom stereocenters. The van der Waals surface area contributed by atoms with Crippen LogP contribution in [0.15, 0.2) is 18.2 Å². The molecule has 0 aromatic heterocycles. The maximum Gasteiger partial charge on any atom is 0.161 e. The minimum atomic E-state index is -0.522. The second-order valence-electron chi connectivity index (χ2n) is 3.50. The van der Waals surface area contributed by atoms with Crippen molar-refractivity contribution in [2.45, 2.75) is 12.5 Å². The van der Waals surface area contributed by atoms with E-state index in [9.17, 15) is 5.11 Å². The van der Waals surface area contributed by atoms with Crippen molar-refractivity contribution in [3.63, 3.8) is 0 Å². The summed E-state index contributed by atoms with van der Waals surface area (Å²) in [6.45, 7) is 1.61. The van der Waals surface area contributed by atoms with Crippen LogP contribution in [0.4, 0.5) is 0 Å². The largest absolute Gasteiger partial charge is 0.486 e. The molecule has 2 rings (SSSR count). The van der Waals surface area contributed by atoms with Crippen LogP contribution >= 0.6 is 0 Å². The number of ether oxygens (including phenoxy) is 2. The third kappa shape index (κ3) is 2.22. The van der Waals surface area contributed by atoms with Gasteiger partial charge in [-0.25, -0.2) is 0 Å². The molecule has 15 heavy (non-hydrogen) atoms. The summed E-state index contributed by atoms with van der Waals surface area (Å²) in [6.07, 6.45) is 0.0328. The van der Waals surface area contributed by atoms with E-state index in [-0.39, 0.29) is 0 Å². The van der Waals surface area contributed by atoms with E-state index in [0.717, 1.165) is 11.3 Å². The summed E-state index contributed by atoms with van der Waals surface area (Å²) in [4.78, 5) is 0. The fraction of sp³-hybridized carbons (Fsp3) is 0.455. The Labute approximate surface area is 88.6 Å². The second-order valence-corrected chi connectivity index (χ2v) is 3.50. The van der Waals surface area contributed by atoms with Crippen LogP contribution in [-0.2, 0) is 0 Å².